The van der Waals surface area contributed by atoms with Crippen LogP contribution in [0.4, 0.5) is 0 Å². The number of quaternary nitrogens is 1. The highest BCUT2D eigenvalue weighted by Crippen LogP contribution is 2.20. The minimum atomic E-state index is -0.701. The summed E-state index contributed by atoms with van der Waals surface area (Å²) in [4.78, 5) is 15.9. The average molecular weight is 410 g/mol. The van der Waals surface area contributed by atoms with Gasteiger partial charge in [-0.25, -0.2) is 9.79 Å². The van der Waals surface area contributed by atoms with Gasteiger partial charge in [-0.15, -0.1) is 0 Å². The van der Waals surface area contributed by atoms with Gasteiger partial charge in [-0.3, -0.25) is 4.48 Å². The molecule has 0 spiro atoms. The lowest BCUT2D eigenvalue weighted by atomic mass is 10.0. The molecule has 0 aliphatic carbocycles. The Balaban J connectivity index is 1.91. The third-order valence-electron chi connectivity index (χ3n) is 6.67. The fourth-order valence-electron chi connectivity index (χ4n) is 4.68. The zero-order chi connectivity index (χ0) is 21.2. The molecule has 1 N–H and O–H groups in total. The predicted octanol–water partition coefficient (Wildman–Crippen LogP) is 6.97. The van der Waals surface area contributed by atoms with Crippen molar-refractivity contribution >= 4 is 11.8 Å². The van der Waals surface area contributed by atoms with Crippen molar-refractivity contribution in [3.8, 4) is 0 Å². The Bertz CT molecular complexity index is 450. The maximum atomic E-state index is 11.2. The van der Waals surface area contributed by atoms with Crippen molar-refractivity contribution in [1.29, 1.82) is 0 Å². The van der Waals surface area contributed by atoms with Gasteiger partial charge in [-0.05, 0) is 13.3 Å². The maximum Gasteiger partial charge on any atom is 0.359 e. The van der Waals surface area contributed by atoms with Gasteiger partial charge in [-0.2, -0.15) is 0 Å². The number of likely N-dealkylation sites (N-methyl/N-ethyl adjacent to an activating group) is 1. The van der Waals surface area contributed by atoms with Crippen LogP contribution in [0, 0.1) is 0 Å². The third-order valence-corrected chi connectivity index (χ3v) is 6.67. The first-order chi connectivity index (χ1) is 14.1. The molecule has 0 saturated carbocycles. The summed E-state index contributed by atoms with van der Waals surface area (Å²) in [6.45, 7) is 7.10. The maximum absolute atomic E-state index is 11.2. The SMILES string of the molecule is CCCCCCCCCCCCCCCCCCC1=NCC[N+]1(CC)CC(=O)O. The second kappa shape index (κ2) is 16.8. The lowest BCUT2D eigenvalue weighted by molar-refractivity contribution is -0.826. The van der Waals surface area contributed by atoms with Crippen LogP contribution in [0.5, 0.6) is 0 Å². The molecule has 1 unspecified atom stereocenters. The number of hydrogen-bond acceptors (Lipinski definition) is 2. The molecule has 4 nitrogen and oxygen atoms in total. The number of carboxylic acids is 1. The van der Waals surface area contributed by atoms with Crippen molar-refractivity contribution in [3.63, 3.8) is 0 Å². The summed E-state index contributed by atoms with van der Waals surface area (Å²) in [6.07, 6.45) is 23.1. The molecule has 1 aliphatic heterocycles. The quantitative estimate of drug-likeness (QED) is 0.174. The molecule has 4 heteroatoms. The van der Waals surface area contributed by atoms with E-state index in [1.807, 2.05) is 0 Å². The summed E-state index contributed by atoms with van der Waals surface area (Å²) in [5.41, 5.74) is 0. The van der Waals surface area contributed by atoms with Gasteiger partial charge in [0.15, 0.2) is 12.4 Å². The van der Waals surface area contributed by atoms with Crippen molar-refractivity contribution in [3.05, 3.63) is 0 Å². The van der Waals surface area contributed by atoms with Gasteiger partial charge in [0.1, 0.15) is 6.54 Å². The zero-order valence-corrected chi connectivity index (χ0v) is 19.6. The van der Waals surface area contributed by atoms with Crippen LogP contribution in [0.15, 0.2) is 4.99 Å². The topological polar surface area (TPSA) is 49.7 Å². The molecule has 1 atom stereocenters. The van der Waals surface area contributed by atoms with Gasteiger partial charge in [0.05, 0.1) is 13.1 Å². The summed E-state index contributed by atoms with van der Waals surface area (Å²) in [5, 5.41) is 9.23. The first-order valence-electron chi connectivity index (χ1n) is 12.8. The van der Waals surface area contributed by atoms with Gasteiger partial charge in [0, 0.05) is 6.42 Å². The molecular weight excluding hydrogens is 360 g/mol. The Morgan fingerprint density at radius 2 is 1.24 bits per heavy atom. The minimum Gasteiger partial charge on any atom is -0.477 e. The molecule has 0 bridgehead atoms. The number of aliphatic imine (C=N–C) groups is 1. The van der Waals surface area contributed by atoms with E-state index in [9.17, 15) is 9.90 Å². The van der Waals surface area contributed by atoms with Crippen molar-refractivity contribution in [2.75, 3.05) is 26.2 Å². The Morgan fingerprint density at radius 1 is 0.793 bits per heavy atom. The molecule has 0 fully saturated rings. The number of hydrogen-bond donors (Lipinski definition) is 1. The number of amidine groups is 1. The highest BCUT2D eigenvalue weighted by atomic mass is 16.4. The minimum absolute atomic E-state index is 0.203. The van der Waals surface area contributed by atoms with Crippen molar-refractivity contribution in [2.45, 2.75) is 123 Å². The zero-order valence-electron chi connectivity index (χ0n) is 19.6. The van der Waals surface area contributed by atoms with Crippen molar-refractivity contribution < 1.29 is 14.4 Å². The Morgan fingerprint density at radius 3 is 1.66 bits per heavy atom. The number of nitrogens with zero attached hydrogens (tertiary/aromatic N) is 2. The van der Waals surface area contributed by atoms with Crippen LogP contribution in [-0.4, -0.2) is 47.6 Å². The van der Waals surface area contributed by atoms with Gasteiger partial charge in [-0.1, -0.05) is 103 Å². The first-order valence-corrected chi connectivity index (χ1v) is 12.8. The smallest absolute Gasteiger partial charge is 0.359 e. The van der Waals surface area contributed by atoms with Crippen LogP contribution in [0.1, 0.15) is 123 Å². The second-order valence-corrected chi connectivity index (χ2v) is 9.09. The number of carbonyl (C=O) groups is 1. The van der Waals surface area contributed by atoms with Gasteiger partial charge in [0.2, 0.25) is 0 Å². The highest BCUT2D eigenvalue weighted by Gasteiger charge is 2.38. The van der Waals surface area contributed by atoms with Gasteiger partial charge >= 0.3 is 5.97 Å². The molecule has 1 heterocycles. The van der Waals surface area contributed by atoms with Crippen LogP contribution in [0.25, 0.3) is 0 Å². The highest BCUT2D eigenvalue weighted by molar-refractivity contribution is 5.80. The van der Waals surface area contributed by atoms with Crippen molar-refractivity contribution in [2.24, 2.45) is 4.99 Å². The summed E-state index contributed by atoms with van der Waals surface area (Å²) >= 11 is 0. The number of aliphatic carboxylic acids is 1. The van der Waals surface area contributed by atoms with E-state index in [-0.39, 0.29) is 6.54 Å². The molecule has 0 saturated heterocycles. The monoisotopic (exact) mass is 409 g/mol. The van der Waals surface area contributed by atoms with Crippen molar-refractivity contribution in [1.82, 2.24) is 0 Å². The molecule has 29 heavy (non-hydrogen) atoms. The fraction of sp³-hybridized carbons (Fsp3) is 0.920. The first kappa shape index (κ1) is 26.1. The van der Waals surface area contributed by atoms with E-state index in [2.05, 4.69) is 18.8 Å². The largest absolute Gasteiger partial charge is 0.477 e. The summed E-state index contributed by atoms with van der Waals surface area (Å²) in [6, 6.07) is 0. The molecule has 0 aromatic rings. The summed E-state index contributed by atoms with van der Waals surface area (Å²) < 4.78 is 0.591. The normalized spacial score (nSPS) is 18.9. The Kier molecular flexibility index (Phi) is 15.2. The van der Waals surface area contributed by atoms with E-state index in [0.717, 1.165) is 38.3 Å². The van der Waals surface area contributed by atoms with Crippen LogP contribution in [-0.2, 0) is 4.79 Å². The molecule has 0 radical (unpaired) electrons. The lowest BCUT2D eigenvalue weighted by Gasteiger charge is -2.31. The molecule has 0 aromatic carbocycles. The fourth-order valence-corrected chi connectivity index (χ4v) is 4.68. The van der Waals surface area contributed by atoms with E-state index in [4.69, 9.17) is 0 Å². The van der Waals surface area contributed by atoms with Crippen LogP contribution in [0.3, 0.4) is 0 Å². The van der Waals surface area contributed by atoms with E-state index < -0.39 is 5.97 Å². The van der Waals surface area contributed by atoms with Crippen LogP contribution >= 0.6 is 0 Å². The lowest BCUT2D eigenvalue weighted by Crippen LogP contribution is -2.53. The number of unbranched alkanes of at least 4 members (excludes halogenated alkanes) is 15. The standard InChI is InChI=1S/C25H48N2O2/c1-3-5-6-7-8-9-10-11-12-13-14-15-16-17-18-19-20-24-26-21-22-27(24,4-2)23-25(28)29/h3-23H2,1-2H3/p+1. The molecule has 1 aliphatic rings. The molecule has 0 amide bonds. The Labute approximate surface area is 180 Å². The van der Waals surface area contributed by atoms with E-state index >= 15 is 0 Å². The average Bonchev–Trinajstić information content (AvgIpc) is 3.09. The molecule has 0 aromatic heterocycles. The van der Waals surface area contributed by atoms with E-state index in [1.165, 1.54) is 96.3 Å². The predicted molar refractivity (Wildman–Crippen MR) is 125 cm³/mol. The van der Waals surface area contributed by atoms with Crippen LogP contribution in [0.2, 0.25) is 0 Å². The van der Waals surface area contributed by atoms with E-state index in [0.29, 0.717) is 4.48 Å². The summed E-state index contributed by atoms with van der Waals surface area (Å²) in [7, 11) is 0. The van der Waals surface area contributed by atoms with Gasteiger partial charge in [0.25, 0.3) is 0 Å². The van der Waals surface area contributed by atoms with Gasteiger partial charge < -0.3 is 5.11 Å². The van der Waals surface area contributed by atoms with E-state index in [1.54, 1.807) is 0 Å². The third kappa shape index (κ3) is 11.8. The Hall–Kier alpha value is -0.900. The number of rotatable bonds is 20. The molecular formula is C25H49N2O2+. The van der Waals surface area contributed by atoms with Crippen LogP contribution < -0.4 is 0 Å². The molecule has 170 valence electrons. The summed E-state index contributed by atoms with van der Waals surface area (Å²) in [5.74, 6) is 0.439. The second-order valence-electron chi connectivity index (χ2n) is 9.09. The molecule has 1 rings (SSSR count). The number of carboxylic acid groups (broad SMARTS) is 1.